The Kier molecular flexibility index (Phi) is 4.80. The molecule has 5 nitrogen and oxygen atoms in total. The number of likely N-dealkylation sites (tertiary alicyclic amines) is 1. The van der Waals surface area contributed by atoms with Crippen molar-refractivity contribution in [2.45, 2.75) is 25.1 Å². The van der Waals surface area contributed by atoms with Gasteiger partial charge in [-0.15, -0.1) is 0 Å². The molecule has 2 aromatic carbocycles. The molecule has 2 aliphatic heterocycles. The number of rotatable bonds is 4. The van der Waals surface area contributed by atoms with Crippen LogP contribution in [0.5, 0.6) is 0 Å². The van der Waals surface area contributed by atoms with E-state index in [1.165, 1.54) is 5.56 Å². The van der Waals surface area contributed by atoms with Crippen LogP contribution in [0.15, 0.2) is 54.6 Å². The quantitative estimate of drug-likeness (QED) is 0.909. The maximum atomic E-state index is 12.8. The van der Waals surface area contributed by atoms with Crippen LogP contribution in [0.25, 0.3) is 0 Å². The molecule has 0 unspecified atom stereocenters. The van der Waals surface area contributed by atoms with E-state index in [0.717, 1.165) is 17.7 Å². The van der Waals surface area contributed by atoms with E-state index >= 15 is 0 Å². The van der Waals surface area contributed by atoms with Gasteiger partial charge in [0, 0.05) is 25.3 Å². The van der Waals surface area contributed by atoms with Crippen LogP contribution in [-0.2, 0) is 16.1 Å². The first-order chi connectivity index (χ1) is 12.8. The summed E-state index contributed by atoms with van der Waals surface area (Å²) >= 11 is 0. The SMILES string of the molecule is COC[C@H]1Nc2ccccc2[C@@H]2[C@H]1CCN2C(=O)OCc1ccccc1. The minimum atomic E-state index is -0.241. The summed E-state index contributed by atoms with van der Waals surface area (Å²) < 4.78 is 11.0. The van der Waals surface area contributed by atoms with Gasteiger partial charge in [-0.2, -0.15) is 0 Å². The summed E-state index contributed by atoms with van der Waals surface area (Å²) in [7, 11) is 1.72. The molecule has 4 rings (SSSR count). The number of hydrogen-bond donors (Lipinski definition) is 1. The molecule has 2 aliphatic rings. The topological polar surface area (TPSA) is 50.8 Å². The molecule has 0 saturated carbocycles. The van der Waals surface area contributed by atoms with Crippen LogP contribution < -0.4 is 5.32 Å². The van der Waals surface area contributed by atoms with E-state index in [1.54, 1.807) is 7.11 Å². The molecule has 2 heterocycles. The number of nitrogens with one attached hydrogen (secondary N) is 1. The lowest BCUT2D eigenvalue weighted by Crippen LogP contribution is -2.43. The fraction of sp³-hybridized carbons (Fsp3) is 0.381. The number of nitrogens with zero attached hydrogens (tertiary/aromatic N) is 1. The van der Waals surface area contributed by atoms with Gasteiger partial charge in [-0.25, -0.2) is 4.79 Å². The molecule has 2 aromatic rings. The highest BCUT2D eigenvalue weighted by Gasteiger charge is 2.46. The van der Waals surface area contributed by atoms with Crippen molar-refractivity contribution in [2.24, 2.45) is 5.92 Å². The van der Waals surface area contributed by atoms with Gasteiger partial charge in [-0.3, -0.25) is 0 Å². The van der Waals surface area contributed by atoms with E-state index in [-0.39, 0.29) is 18.2 Å². The van der Waals surface area contributed by atoms with Crippen LogP contribution in [0.1, 0.15) is 23.6 Å². The number of para-hydroxylation sites is 1. The predicted octanol–water partition coefficient (Wildman–Crippen LogP) is 3.83. The molecule has 1 fully saturated rings. The van der Waals surface area contributed by atoms with Gasteiger partial charge in [0.2, 0.25) is 0 Å². The predicted molar refractivity (Wildman–Crippen MR) is 99.9 cm³/mol. The highest BCUT2D eigenvalue weighted by Crippen LogP contribution is 2.46. The minimum Gasteiger partial charge on any atom is -0.445 e. The summed E-state index contributed by atoms with van der Waals surface area (Å²) in [4.78, 5) is 14.7. The average molecular weight is 352 g/mol. The number of ether oxygens (including phenoxy) is 2. The Morgan fingerprint density at radius 1 is 1.15 bits per heavy atom. The number of amides is 1. The summed E-state index contributed by atoms with van der Waals surface area (Å²) in [6.45, 7) is 1.64. The smallest absolute Gasteiger partial charge is 0.410 e. The Labute approximate surface area is 153 Å². The number of fused-ring (bicyclic) bond motifs is 3. The first-order valence-corrected chi connectivity index (χ1v) is 9.09. The van der Waals surface area contributed by atoms with Crippen LogP contribution in [0, 0.1) is 5.92 Å². The van der Waals surface area contributed by atoms with Crippen LogP contribution in [0.2, 0.25) is 0 Å². The highest BCUT2D eigenvalue weighted by atomic mass is 16.6. The molecular formula is C21H24N2O3. The van der Waals surface area contributed by atoms with Crippen LogP contribution in [-0.4, -0.2) is 37.3 Å². The highest BCUT2D eigenvalue weighted by molar-refractivity contribution is 5.70. The number of benzene rings is 2. The molecule has 1 N–H and O–H groups in total. The summed E-state index contributed by atoms with van der Waals surface area (Å²) in [5.74, 6) is 0.328. The largest absolute Gasteiger partial charge is 0.445 e. The van der Waals surface area contributed by atoms with Crippen LogP contribution in [0.3, 0.4) is 0 Å². The number of methoxy groups -OCH3 is 1. The van der Waals surface area contributed by atoms with Crippen LogP contribution >= 0.6 is 0 Å². The lowest BCUT2D eigenvalue weighted by molar-refractivity contribution is 0.0825. The molecule has 0 aromatic heterocycles. The van der Waals surface area contributed by atoms with Gasteiger partial charge in [0.15, 0.2) is 0 Å². The van der Waals surface area contributed by atoms with E-state index < -0.39 is 0 Å². The Hall–Kier alpha value is -2.53. The number of carbonyl (C=O) groups is 1. The monoisotopic (exact) mass is 352 g/mol. The minimum absolute atomic E-state index is 0.0378. The molecule has 5 heteroatoms. The van der Waals surface area contributed by atoms with E-state index in [0.29, 0.717) is 25.7 Å². The second kappa shape index (κ2) is 7.38. The summed E-state index contributed by atoms with van der Waals surface area (Å²) in [5, 5.41) is 3.58. The zero-order valence-corrected chi connectivity index (χ0v) is 14.9. The van der Waals surface area contributed by atoms with E-state index in [9.17, 15) is 4.79 Å². The van der Waals surface area contributed by atoms with Crippen molar-refractivity contribution in [3.05, 3.63) is 65.7 Å². The second-order valence-corrected chi connectivity index (χ2v) is 6.92. The van der Waals surface area contributed by atoms with Gasteiger partial charge < -0.3 is 19.7 Å². The molecule has 3 atom stereocenters. The molecule has 0 bridgehead atoms. The second-order valence-electron chi connectivity index (χ2n) is 6.92. The van der Waals surface area contributed by atoms with Gasteiger partial charge in [-0.05, 0) is 23.6 Å². The van der Waals surface area contributed by atoms with Crippen LogP contribution in [0.4, 0.5) is 10.5 Å². The first-order valence-electron chi connectivity index (χ1n) is 9.09. The summed E-state index contributed by atoms with van der Waals surface area (Å²) in [5.41, 5.74) is 3.25. The van der Waals surface area contributed by atoms with Crippen molar-refractivity contribution in [1.29, 1.82) is 0 Å². The van der Waals surface area contributed by atoms with Gasteiger partial charge in [0.25, 0.3) is 0 Å². The number of carbonyl (C=O) groups excluding carboxylic acids is 1. The van der Waals surface area contributed by atoms with Crippen molar-refractivity contribution in [3.63, 3.8) is 0 Å². The fourth-order valence-electron chi connectivity index (χ4n) is 4.18. The molecule has 0 spiro atoms. The van der Waals surface area contributed by atoms with Gasteiger partial charge in [0.1, 0.15) is 6.61 Å². The first kappa shape index (κ1) is 16.9. The van der Waals surface area contributed by atoms with Crippen molar-refractivity contribution in [2.75, 3.05) is 25.6 Å². The lowest BCUT2D eigenvalue weighted by atomic mass is 9.83. The van der Waals surface area contributed by atoms with Gasteiger partial charge in [-0.1, -0.05) is 48.5 Å². The Balaban J connectivity index is 1.54. The molecule has 0 radical (unpaired) electrons. The molecule has 136 valence electrons. The Morgan fingerprint density at radius 2 is 1.92 bits per heavy atom. The van der Waals surface area contributed by atoms with Crippen molar-refractivity contribution >= 4 is 11.8 Å². The van der Waals surface area contributed by atoms with Crippen molar-refractivity contribution < 1.29 is 14.3 Å². The van der Waals surface area contributed by atoms with Gasteiger partial charge in [0.05, 0.1) is 18.7 Å². The van der Waals surface area contributed by atoms with Crippen molar-refractivity contribution in [1.82, 2.24) is 4.90 Å². The van der Waals surface area contributed by atoms with E-state index in [2.05, 4.69) is 17.4 Å². The number of hydrogen-bond acceptors (Lipinski definition) is 4. The average Bonchev–Trinajstić information content (AvgIpc) is 3.13. The third kappa shape index (κ3) is 3.15. The normalized spacial score (nSPS) is 23.7. The Morgan fingerprint density at radius 3 is 2.73 bits per heavy atom. The molecule has 26 heavy (non-hydrogen) atoms. The molecule has 1 saturated heterocycles. The van der Waals surface area contributed by atoms with E-state index in [1.807, 2.05) is 47.4 Å². The zero-order valence-electron chi connectivity index (χ0n) is 14.9. The van der Waals surface area contributed by atoms with Gasteiger partial charge >= 0.3 is 6.09 Å². The zero-order chi connectivity index (χ0) is 17.9. The molecule has 0 aliphatic carbocycles. The third-order valence-electron chi connectivity index (χ3n) is 5.37. The maximum Gasteiger partial charge on any atom is 0.410 e. The van der Waals surface area contributed by atoms with E-state index in [4.69, 9.17) is 9.47 Å². The molecule has 1 amide bonds. The fourth-order valence-corrected chi connectivity index (χ4v) is 4.18. The summed E-state index contributed by atoms with van der Waals surface area (Å²) in [6.07, 6.45) is 0.703. The lowest BCUT2D eigenvalue weighted by Gasteiger charge is -2.39. The standard InChI is InChI=1S/C21H24N2O3/c1-25-14-19-17-11-12-23(20(17)16-9-5-6-10-18(16)22-19)21(24)26-13-15-7-3-2-4-8-15/h2-10,17,19-20,22H,11-14H2,1H3/t17-,19+,20+/m0/s1. The molecular weight excluding hydrogens is 328 g/mol. The number of anilines is 1. The maximum absolute atomic E-state index is 12.8. The van der Waals surface area contributed by atoms with Crippen molar-refractivity contribution in [3.8, 4) is 0 Å². The third-order valence-corrected chi connectivity index (χ3v) is 5.37. The summed E-state index contributed by atoms with van der Waals surface area (Å²) in [6, 6.07) is 18.2. The Bertz CT molecular complexity index is 765.